The second-order valence-corrected chi connectivity index (χ2v) is 5.90. The van der Waals surface area contributed by atoms with E-state index >= 15 is 0 Å². The summed E-state index contributed by atoms with van der Waals surface area (Å²) in [5.74, 6) is 0. The molecule has 3 rings (SSSR count). The lowest BCUT2D eigenvalue weighted by Crippen LogP contribution is -2.25. The Kier molecular flexibility index (Phi) is 5.37. The number of anilines is 2. The molecule has 0 aliphatic heterocycles. The van der Waals surface area contributed by atoms with E-state index < -0.39 is 5.56 Å². The summed E-state index contributed by atoms with van der Waals surface area (Å²) in [4.78, 5) is 12.1. The van der Waals surface area contributed by atoms with Crippen molar-refractivity contribution >= 4 is 33.9 Å². The third-order valence-electron chi connectivity index (χ3n) is 3.88. The molecule has 0 aliphatic carbocycles. The average Bonchev–Trinajstić information content (AvgIpc) is 3.02. The van der Waals surface area contributed by atoms with Gasteiger partial charge in [-0.15, -0.1) is 0 Å². The number of hydrogen-bond acceptors (Lipinski definition) is 5. The lowest BCUT2D eigenvalue weighted by atomic mass is 10.2. The van der Waals surface area contributed by atoms with E-state index in [2.05, 4.69) is 15.0 Å². The number of methoxy groups -OCH3 is 1. The van der Waals surface area contributed by atoms with Crippen LogP contribution in [0.25, 0.3) is 10.9 Å². The molecule has 0 amide bonds. The summed E-state index contributed by atoms with van der Waals surface area (Å²) in [6.45, 7) is 1.37. The highest BCUT2D eigenvalue weighted by molar-refractivity contribution is 6.33. The number of fused-ring (bicyclic) bond motifs is 1. The van der Waals surface area contributed by atoms with Crippen LogP contribution >= 0.6 is 11.6 Å². The molecule has 8 heteroatoms. The van der Waals surface area contributed by atoms with Crippen LogP contribution in [0.1, 0.15) is 0 Å². The lowest BCUT2D eigenvalue weighted by molar-refractivity contribution is 0.188. The van der Waals surface area contributed by atoms with Gasteiger partial charge in [-0.2, -0.15) is 5.10 Å². The van der Waals surface area contributed by atoms with Crippen molar-refractivity contribution in [2.24, 2.45) is 0 Å². The van der Waals surface area contributed by atoms with Gasteiger partial charge in [-0.3, -0.25) is 4.79 Å². The summed E-state index contributed by atoms with van der Waals surface area (Å²) in [6, 6.07) is 7.92. The van der Waals surface area contributed by atoms with Gasteiger partial charge in [-0.25, -0.2) is 4.68 Å². The van der Waals surface area contributed by atoms with Crippen LogP contribution in [0.2, 0.25) is 5.02 Å². The monoisotopic (exact) mass is 362 g/mol. The molecular formula is C17H19ClN4O3. The third kappa shape index (κ3) is 3.68. The van der Waals surface area contributed by atoms with Crippen LogP contribution in [-0.2, 0) is 17.8 Å². The molecule has 0 fully saturated rings. The Labute approximate surface area is 149 Å². The van der Waals surface area contributed by atoms with E-state index in [9.17, 15) is 4.79 Å². The minimum absolute atomic E-state index is 0.0428. The zero-order valence-electron chi connectivity index (χ0n) is 13.8. The Morgan fingerprint density at radius 3 is 2.92 bits per heavy atom. The molecule has 0 aliphatic rings. The largest absolute Gasteiger partial charge is 0.394 e. The number of halogens is 1. The van der Waals surface area contributed by atoms with Gasteiger partial charge in [0.15, 0.2) is 0 Å². The van der Waals surface area contributed by atoms with E-state index in [4.69, 9.17) is 21.4 Å². The van der Waals surface area contributed by atoms with Crippen LogP contribution in [0, 0.1) is 0 Å². The highest BCUT2D eigenvalue weighted by atomic mass is 35.5. The van der Waals surface area contributed by atoms with Gasteiger partial charge in [0, 0.05) is 36.4 Å². The van der Waals surface area contributed by atoms with E-state index in [1.807, 2.05) is 30.5 Å². The number of rotatable bonds is 7. The second kappa shape index (κ2) is 7.69. The SMILES string of the molecule is COCCn1ccc2cc(Nc3cnn(CCO)c(=O)c3Cl)ccc21. The van der Waals surface area contributed by atoms with Crippen molar-refractivity contribution in [2.45, 2.75) is 13.1 Å². The van der Waals surface area contributed by atoms with Crippen molar-refractivity contribution in [1.29, 1.82) is 0 Å². The van der Waals surface area contributed by atoms with E-state index in [0.717, 1.165) is 27.8 Å². The third-order valence-corrected chi connectivity index (χ3v) is 4.25. The van der Waals surface area contributed by atoms with Crippen LogP contribution in [0.4, 0.5) is 11.4 Å². The molecule has 0 spiro atoms. The van der Waals surface area contributed by atoms with Gasteiger partial charge in [-0.05, 0) is 24.3 Å². The average molecular weight is 363 g/mol. The van der Waals surface area contributed by atoms with Crippen molar-refractivity contribution in [2.75, 3.05) is 25.6 Å². The topological polar surface area (TPSA) is 81.3 Å². The molecule has 2 N–H and O–H groups in total. The van der Waals surface area contributed by atoms with Gasteiger partial charge in [0.25, 0.3) is 5.56 Å². The van der Waals surface area contributed by atoms with E-state index in [-0.39, 0.29) is 18.2 Å². The highest BCUT2D eigenvalue weighted by Crippen LogP contribution is 2.25. The number of nitrogens with zero attached hydrogens (tertiary/aromatic N) is 3. The molecule has 7 nitrogen and oxygen atoms in total. The van der Waals surface area contributed by atoms with Gasteiger partial charge in [0.05, 0.1) is 31.6 Å². The van der Waals surface area contributed by atoms with Gasteiger partial charge >= 0.3 is 0 Å². The number of ether oxygens (including phenoxy) is 1. The van der Waals surface area contributed by atoms with Gasteiger partial charge in [-0.1, -0.05) is 11.6 Å². The fourth-order valence-electron chi connectivity index (χ4n) is 2.62. The Morgan fingerprint density at radius 2 is 2.16 bits per heavy atom. The molecule has 0 saturated carbocycles. The van der Waals surface area contributed by atoms with Crippen LogP contribution in [-0.4, -0.2) is 39.8 Å². The maximum absolute atomic E-state index is 12.1. The van der Waals surface area contributed by atoms with E-state index in [0.29, 0.717) is 12.3 Å². The molecule has 0 atom stereocenters. The predicted molar refractivity (Wildman–Crippen MR) is 97.7 cm³/mol. The molecule has 2 heterocycles. The van der Waals surface area contributed by atoms with Crippen LogP contribution in [0.5, 0.6) is 0 Å². The summed E-state index contributed by atoms with van der Waals surface area (Å²) in [7, 11) is 1.68. The Hall–Kier alpha value is -2.35. The van der Waals surface area contributed by atoms with Crippen molar-refractivity contribution in [3.05, 3.63) is 52.0 Å². The van der Waals surface area contributed by atoms with Crippen LogP contribution in [0.15, 0.2) is 41.5 Å². The molecule has 0 bridgehead atoms. The Balaban J connectivity index is 1.86. The molecule has 0 saturated heterocycles. The Morgan fingerprint density at radius 1 is 1.32 bits per heavy atom. The molecular weight excluding hydrogens is 344 g/mol. The number of aromatic nitrogens is 3. The summed E-state index contributed by atoms with van der Waals surface area (Å²) >= 11 is 6.13. The van der Waals surface area contributed by atoms with Crippen molar-refractivity contribution in [3.8, 4) is 0 Å². The number of hydrogen-bond donors (Lipinski definition) is 2. The molecule has 132 valence electrons. The molecule has 2 aromatic heterocycles. The first-order valence-corrected chi connectivity index (χ1v) is 8.23. The molecule has 25 heavy (non-hydrogen) atoms. The molecule has 0 radical (unpaired) electrons. The standard InChI is InChI=1S/C17H19ClN4O3/c1-25-9-7-21-5-4-12-10-13(2-3-15(12)21)20-14-11-19-22(6-8-23)17(24)16(14)18/h2-5,10-11,20,23H,6-9H2,1H3. The fourth-order valence-corrected chi connectivity index (χ4v) is 2.82. The van der Waals surface area contributed by atoms with Crippen molar-refractivity contribution in [3.63, 3.8) is 0 Å². The summed E-state index contributed by atoms with van der Waals surface area (Å²) in [6.07, 6.45) is 3.49. The quantitative estimate of drug-likeness (QED) is 0.673. The minimum Gasteiger partial charge on any atom is -0.394 e. The first kappa shape index (κ1) is 17.5. The Bertz CT molecular complexity index is 935. The predicted octanol–water partition coefficient (Wildman–Crippen LogP) is 2.23. The van der Waals surface area contributed by atoms with Crippen LogP contribution < -0.4 is 10.9 Å². The zero-order valence-corrected chi connectivity index (χ0v) is 14.5. The highest BCUT2D eigenvalue weighted by Gasteiger charge is 2.10. The molecule has 0 unspecified atom stereocenters. The fraction of sp³-hybridized carbons (Fsp3) is 0.294. The van der Waals surface area contributed by atoms with E-state index in [1.165, 1.54) is 6.20 Å². The number of nitrogens with one attached hydrogen (secondary N) is 1. The van der Waals surface area contributed by atoms with Gasteiger partial charge in [0.1, 0.15) is 5.02 Å². The van der Waals surface area contributed by atoms with Gasteiger partial charge < -0.3 is 19.7 Å². The van der Waals surface area contributed by atoms with Crippen molar-refractivity contribution < 1.29 is 9.84 Å². The van der Waals surface area contributed by atoms with Gasteiger partial charge in [0.2, 0.25) is 0 Å². The zero-order chi connectivity index (χ0) is 17.8. The maximum atomic E-state index is 12.1. The number of aliphatic hydroxyl groups excluding tert-OH is 1. The first-order chi connectivity index (χ1) is 12.1. The summed E-state index contributed by atoms with van der Waals surface area (Å²) < 4.78 is 8.37. The number of benzene rings is 1. The second-order valence-electron chi connectivity index (χ2n) is 5.52. The van der Waals surface area contributed by atoms with E-state index in [1.54, 1.807) is 7.11 Å². The minimum atomic E-state index is -0.437. The molecule has 1 aromatic carbocycles. The van der Waals surface area contributed by atoms with Crippen molar-refractivity contribution in [1.82, 2.24) is 14.3 Å². The summed E-state index contributed by atoms with van der Waals surface area (Å²) in [5, 5.41) is 17.2. The molecule has 3 aromatic rings. The first-order valence-electron chi connectivity index (χ1n) is 7.85. The van der Waals surface area contributed by atoms with Crippen LogP contribution in [0.3, 0.4) is 0 Å². The summed E-state index contributed by atoms with van der Waals surface area (Å²) in [5.41, 5.74) is 1.90. The number of aliphatic hydroxyl groups is 1. The maximum Gasteiger partial charge on any atom is 0.287 e. The normalized spacial score (nSPS) is 11.2. The smallest absolute Gasteiger partial charge is 0.287 e. The lowest BCUT2D eigenvalue weighted by Gasteiger charge is -2.10.